The molecule has 0 aliphatic carbocycles. The molecule has 0 aromatic heterocycles. The molecule has 0 fully saturated rings. The van der Waals surface area contributed by atoms with Crippen LogP contribution >= 0.6 is 0 Å². The summed E-state index contributed by atoms with van der Waals surface area (Å²) in [4.78, 5) is -0.347. The summed E-state index contributed by atoms with van der Waals surface area (Å²) in [5.74, 6) is 0.917. The number of phenolic OH excluding ortho intramolecular Hbond substituents is 1. The number of para-hydroxylation sites is 2. The highest BCUT2D eigenvalue weighted by Gasteiger charge is 2.27. The minimum atomic E-state index is -4.47. The smallest absolute Gasteiger partial charge is 0.298 e. The number of aryl methyl sites for hydroxylation is 1. The Morgan fingerprint density at radius 1 is 0.812 bits per heavy atom. The van der Waals surface area contributed by atoms with Gasteiger partial charge in [0.05, 0.1) is 4.90 Å². The number of aromatic hydroxyl groups is 1. The first kappa shape index (κ1) is 34.7. The molecule has 12 heteroatoms. The summed E-state index contributed by atoms with van der Waals surface area (Å²) < 4.78 is 77.6. The van der Waals surface area contributed by atoms with Crippen molar-refractivity contribution in [3.05, 3.63) is 103 Å². The van der Waals surface area contributed by atoms with Gasteiger partial charge in [-0.1, -0.05) is 61.5 Å². The Labute approximate surface area is 280 Å². The van der Waals surface area contributed by atoms with Crippen molar-refractivity contribution in [2.45, 2.75) is 42.7 Å². The summed E-state index contributed by atoms with van der Waals surface area (Å²) in [6, 6.07) is 26.9. The summed E-state index contributed by atoms with van der Waals surface area (Å²) in [6.07, 6.45) is 1.60. The van der Waals surface area contributed by atoms with Gasteiger partial charge in [-0.2, -0.15) is 8.42 Å². The van der Waals surface area contributed by atoms with Gasteiger partial charge in [0.25, 0.3) is 10.1 Å². The van der Waals surface area contributed by atoms with Crippen molar-refractivity contribution in [2.24, 2.45) is 0 Å². The van der Waals surface area contributed by atoms with Crippen molar-refractivity contribution in [1.82, 2.24) is 5.32 Å². The second-order valence-corrected chi connectivity index (χ2v) is 14.9. The molecule has 5 aromatic carbocycles. The van der Waals surface area contributed by atoms with Gasteiger partial charge in [0.1, 0.15) is 28.8 Å². The first-order chi connectivity index (χ1) is 22.7. The maximum absolute atomic E-state index is 12.8. The van der Waals surface area contributed by atoms with Crippen molar-refractivity contribution in [3.8, 4) is 39.9 Å². The van der Waals surface area contributed by atoms with Gasteiger partial charge < -0.3 is 19.3 Å². The molecule has 5 aromatic rings. The number of phenols is 1. The average Bonchev–Trinajstić information content (AvgIpc) is 3.03. The monoisotopic (exact) mass is 691 g/mol. The molecule has 1 atom stereocenters. The quantitative estimate of drug-likeness (QED) is 0.0661. The van der Waals surface area contributed by atoms with Crippen LogP contribution < -0.4 is 19.5 Å². The predicted octanol–water partition coefficient (Wildman–Crippen LogP) is 7.14. The summed E-state index contributed by atoms with van der Waals surface area (Å²) >= 11 is 0. The fraction of sp³-hybridized carbons (Fsp3) is 0.222. The maximum Gasteiger partial charge on any atom is 0.298 e. The Morgan fingerprint density at radius 3 is 2.23 bits per heavy atom. The van der Waals surface area contributed by atoms with Gasteiger partial charge in [0.2, 0.25) is 0 Å². The Morgan fingerprint density at radius 2 is 1.52 bits per heavy atom. The minimum Gasteiger partial charge on any atom is -0.507 e. The third-order valence-corrected chi connectivity index (χ3v) is 9.89. The molecule has 0 aliphatic rings. The van der Waals surface area contributed by atoms with Crippen LogP contribution in [0.1, 0.15) is 25.8 Å². The van der Waals surface area contributed by atoms with Crippen LogP contribution in [0.15, 0.2) is 107 Å². The molecule has 3 N–H and O–H groups in total. The van der Waals surface area contributed by atoms with E-state index in [1.807, 2.05) is 44.2 Å². The highest BCUT2D eigenvalue weighted by molar-refractivity contribution is 7.90. The molecule has 0 saturated heterocycles. The first-order valence-corrected chi connectivity index (χ1v) is 18.5. The zero-order valence-electron chi connectivity index (χ0n) is 26.9. The summed E-state index contributed by atoms with van der Waals surface area (Å²) in [6.45, 7) is 5.91. The van der Waals surface area contributed by atoms with Crippen LogP contribution in [0.3, 0.4) is 0 Å². The van der Waals surface area contributed by atoms with E-state index >= 15 is 0 Å². The van der Waals surface area contributed by atoms with E-state index in [-0.39, 0.29) is 40.0 Å². The molecule has 0 heterocycles. The third kappa shape index (κ3) is 7.74. The Kier molecular flexibility index (Phi) is 10.0. The standard InChI is InChI=1S/C36H37NO9S2/c1-5-36(3,37-21-22-44-31-23-24(2)17-20-32(31)48(41,42)43)46-30-15-9-8-14-29(30)45-35-26-12-7-6-11-25(26)18-19-27(35)34-28(38)13-10-16-33(34)47(4,39)40/h6-20,23,37-38H,5,21-22H2,1-4H3,(H,41,42,43). The van der Waals surface area contributed by atoms with Crippen LogP contribution in [0.5, 0.6) is 28.7 Å². The number of rotatable bonds is 13. The Hall–Kier alpha value is -4.62. The van der Waals surface area contributed by atoms with Crippen LogP contribution in [0.2, 0.25) is 0 Å². The molecule has 0 radical (unpaired) electrons. The number of nitrogens with one attached hydrogen (secondary N) is 1. The summed E-state index contributed by atoms with van der Waals surface area (Å²) in [7, 11) is -8.19. The topological polar surface area (TPSA) is 148 Å². The molecule has 0 aliphatic heterocycles. The van der Waals surface area contributed by atoms with Crippen molar-refractivity contribution in [3.63, 3.8) is 0 Å². The Bertz CT molecular complexity index is 2180. The van der Waals surface area contributed by atoms with E-state index in [1.165, 1.54) is 24.3 Å². The van der Waals surface area contributed by atoms with Crippen molar-refractivity contribution in [1.29, 1.82) is 0 Å². The van der Waals surface area contributed by atoms with Crippen LogP contribution in [-0.4, -0.2) is 51.6 Å². The third-order valence-electron chi connectivity index (χ3n) is 7.86. The molecule has 5 rings (SSSR count). The average molecular weight is 692 g/mol. The molecule has 0 spiro atoms. The second kappa shape index (κ2) is 13.9. The number of hydrogen-bond acceptors (Lipinski definition) is 9. The number of benzene rings is 5. The first-order valence-electron chi connectivity index (χ1n) is 15.2. The largest absolute Gasteiger partial charge is 0.507 e. The van der Waals surface area contributed by atoms with Crippen molar-refractivity contribution >= 4 is 30.7 Å². The molecule has 0 bridgehead atoms. The number of ether oxygens (including phenoxy) is 3. The molecular formula is C36H37NO9S2. The van der Waals surface area contributed by atoms with Crippen LogP contribution in [0.4, 0.5) is 0 Å². The normalized spacial score (nSPS) is 13.2. The van der Waals surface area contributed by atoms with Crippen LogP contribution in [0.25, 0.3) is 21.9 Å². The van der Waals surface area contributed by atoms with E-state index in [4.69, 9.17) is 14.2 Å². The molecule has 0 saturated carbocycles. The van der Waals surface area contributed by atoms with Crippen LogP contribution in [0, 0.1) is 6.92 Å². The lowest BCUT2D eigenvalue weighted by atomic mass is 9.98. The lowest BCUT2D eigenvalue weighted by molar-refractivity contribution is 0.0418. The molecule has 48 heavy (non-hydrogen) atoms. The van der Waals surface area contributed by atoms with E-state index in [0.29, 0.717) is 34.6 Å². The fourth-order valence-electron chi connectivity index (χ4n) is 5.27. The minimum absolute atomic E-state index is 0.0356. The zero-order valence-corrected chi connectivity index (χ0v) is 28.6. The van der Waals surface area contributed by atoms with Gasteiger partial charge in [0.15, 0.2) is 27.1 Å². The maximum atomic E-state index is 12.8. The lowest BCUT2D eigenvalue weighted by Crippen LogP contribution is -2.48. The number of sulfone groups is 1. The molecule has 1 unspecified atom stereocenters. The van der Waals surface area contributed by atoms with E-state index in [9.17, 15) is 26.5 Å². The predicted molar refractivity (Wildman–Crippen MR) is 184 cm³/mol. The van der Waals surface area contributed by atoms with Gasteiger partial charge in [0, 0.05) is 29.3 Å². The van der Waals surface area contributed by atoms with Gasteiger partial charge in [-0.05, 0) is 73.7 Å². The highest BCUT2D eigenvalue weighted by Crippen LogP contribution is 2.46. The zero-order chi connectivity index (χ0) is 34.7. The lowest BCUT2D eigenvalue weighted by Gasteiger charge is -2.31. The van der Waals surface area contributed by atoms with E-state index in [1.54, 1.807) is 49.4 Å². The van der Waals surface area contributed by atoms with Gasteiger partial charge in [-0.25, -0.2) is 8.42 Å². The second-order valence-electron chi connectivity index (χ2n) is 11.5. The van der Waals surface area contributed by atoms with Gasteiger partial charge in [-0.15, -0.1) is 0 Å². The van der Waals surface area contributed by atoms with Crippen molar-refractivity contribution in [2.75, 3.05) is 19.4 Å². The number of fused-ring (bicyclic) bond motifs is 1. The summed E-state index contributed by atoms with van der Waals surface area (Å²) in [5.41, 5.74) is 0.360. The van der Waals surface area contributed by atoms with E-state index in [0.717, 1.165) is 17.2 Å². The molecular weight excluding hydrogens is 655 g/mol. The van der Waals surface area contributed by atoms with E-state index < -0.39 is 25.7 Å². The van der Waals surface area contributed by atoms with Crippen molar-refractivity contribution < 1.29 is 40.7 Å². The fourth-order valence-corrected chi connectivity index (χ4v) is 6.79. The van der Waals surface area contributed by atoms with E-state index in [2.05, 4.69) is 5.32 Å². The molecule has 10 nitrogen and oxygen atoms in total. The van der Waals surface area contributed by atoms with Gasteiger partial charge >= 0.3 is 0 Å². The summed E-state index contributed by atoms with van der Waals surface area (Å²) in [5, 5.41) is 15.8. The Balaban J connectivity index is 1.45. The SMILES string of the molecule is CCC(C)(NCCOc1cc(C)ccc1S(=O)(=O)O)Oc1ccccc1Oc1c(-c2c(O)cccc2S(C)(=O)=O)ccc2ccccc12. The molecule has 0 amide bonds. The molecule has 252 valence electrons. The highest BCUT2D eigenvalue weighted by atomic mass is 32.2. The van der Waals surface area contributed by atoms with Crippen LogP contribution in [-0.2, 0) is 20.0 Å². The number of hydrogen-bond donors (Lipinski definition) is 3. The van der Waals surface area contributed by atoms with Gasteiger partial charge in [-0.3, -0.25) is 9.87 Å².